The lowest BCUT2D eigenvalue weighted by Gasteiger charge is -2.05. The van der Waals surface area contributed by atoms with E-state index in [9.17, 15) is 4.79 Å². The van der Waals surface area contributed by atoms with Crippen LogP contribution in [-0.4, -0.2) is 15.7 Å². The summed E-state index contributed by atoms with van der Waals surface area (Å²) in [4.78, 5) is 11.7. The first-order valence-corrected chi connectivity index (χ1v) is 5.28. The Hall–Kier alpha value is -2.30. The summed E-state index contributed by atoms with van der Waals surface area (Å²) in [7, 11) is 0. The molecular weight excluding hydrogens is 216 g/mol. The second kappa shape index (κ2) is 4.69. The maximum Gasteiger partial charge on any atom is 0.246 e. The third-order valence-electron chi connectivity index (χ3n) is 2.26. The Kier molecular flexibility index (Phi) is 3.09. The van der Waals surface area contributed by atoms with Crippen LogP contribution in [0.15, 0.2) is 36.7 Å². The van der Waals surface area contributed by atoms with E-state index >= 15 is 0 Å². The highest BCUT2D eigenvalue weighted by atomic mass is 16.2. The van der Waals surface area contributed by atoms with E-state index in [1.54, 1.807) is 6.20 Å². The number of anilines is 2. The van der Waals surface area contributed by atoms with Gasteiger partial charge in [-0.3, -0.25) is 9.48 Å². The highest BCUT2D eigenvalue weighted by molar-refractivity contribution is 5.90. The fraction of sp³-hybridized carbons (Fsp3) is 0.167. The Morgan fingerprint density at radius 3 is 3.00 bits per heavy atom. The summed E-state index contributed by atoms with van der Waals surface area (Å²) in [5.74, 6) is -0.126. The van der Waals surface area contributed by atoms with Gasteiger partial charge in [0.25, 0.3) is 0 Å². The number of aryl methyl sites for hydroxylation is 1. The molecule has 0 aliphatic heterocycles. The minimum Gasteiger partial charge on any atom is -0.396 e. The molecule has 0 radical (unpaired) electrons. The first-order chi connectivity index (χ1) is 8.13. The number of benzene rings is 1. The van der Waals surface area contributed by atoms with Crippen LogP contribution in [-0.2, 0) is 11.3 Å². The SMILES string of the molecule is Cc1cccc(NC(=O)Cn2cc(N)cn2)c1. The number of nitrogens with one attached hydrogen (secondary N) is 1. The van der Waals surface area contributed by atoms with E-state index in [1.165, 1.54) is 10.9 Å². The van der Waals surface area contributed by atoms with Crippen LogP contribution in [0.5, 0.6) is 0 Å². The fourth-order valence-corrected chi connectivity index (χ4v) is 1.54. The zero-order chi connectivity index (χ0) is 12.3. The second-order valence-electron chi connectivity index (χ2n) is 3.89. The van der Waals surface area contributed by atoms with Crippen LogP contribution in [0.4, 0.5) is 11.4 Å². The summed E-state index contributed by atoms with van der Waals surface area (Å²) in [6, 6.07) is 7.64. The predicted octanol–water partition coefficient (Wildman–Crippen LogP) is 1.41. The molecule has 1 aromatic heterocycles. The summed E-state index contributed by atoms with van der Waals surface area (Å²) in [6.45, 7) is 2.13. The van der Waals surface area contributed by atoms with E-state index < -0.39 is 0 Å². The maximum absolute atomic E-state index is 11.7. The van der Waals surface area contributed by atoms with Gasteiger partial charge in [0, 0.05) is 11.9 Å². The molecule has 0 unspecified atom stereocenters. The molecule has 1 aromatic carbocycles. The molecule has 2 aromatic rings. The fourth-order valence-electron chi connectivity index (χ4n) is 1.54. The topological polar surface area (TPSA) is 72.9 Å². The lowest BCUT2D eigenvalue weighted by Crippen LogP contribution is -2.19. The van der Waals surface area contributed by atoms with Gasteiger partial charge in [0.1, 0.15) is 6.54 Å². The quantitative estimate of drug-likeness (QED) is 0.837. The van der Waals surface area contributed by atoms with Gasteiger partial charge in [0.05, 0.1) is 11.9 Å². The van der Waals surface area contributed by atoms with Gasteiger partial charge in [-0.15, -0.1) is 0 Å². The molecule has 0 spiro atoms. The van der Waals surface area contributed by atoms with Gasteiger partial charge in [0.15, 0.2) is 0 Å². The summed E-state index contributed by atoms with van der Waals surface area (Å²) in [6.07, 6.45) is 3.13. The van der Waals surface area contributed by atoms with Crippen molar-refractivity contribution in [3.63, 3.8) is 0 Å². The predicted molar refractivity (Wildman–Crippen MR) is 66.4 cm³/mol. The summed E-state index contributed by atoms with van der Waals surface area (Å²) in [5.41, 5.74) is 7.95. The number of nitrogens with zero attached hydrogens (tertiary/aromatic N) is 2. The summed E-state index contributed by atoms with van der Waals surface area (Å²) in [5, 5.41) is 6.75. The minimum absolute atomic E-state index is 0.126. The van der Waals surface area contributed by atoms with E-state index in [0.717, 1.165) is 11.3 Å². The molecule has 88 valence electrons. The standard InChI is InChI=1S/C12H14N4O/c1-9-3-2-4-11(5-9)15-12(17)8-16-7-10(13)6-14-16/h2-7H,8,13H2,1H3,(H,15,17). The number of nitrogen functional groups attached to an aromatic ring is 1. The molecule has 5 nitrogen and oxygen atoms in total. The molecule has 5 heteroatoms. The zero-order valence-electron chi connectivity index (χ0n) is 9.55. The van der Waals surface area contributed by atoms with Crippen LogP contribution >= 0.6 is 0 Å². The minimum atomic E-state index is -0.126. The van der Waals surface area contributed by atoms with Crippen molar-refractivity contribution in [2.24, 2.45) is 0 Å². The van der Waals surface area contributed by atoms with Crippen molar-refractivity contribution >= 4 is 17.3 Å². The Morgan fingerprint density at radius 1 is 1.53 bits per heavy atom. The van der Waals surface area contributed by atoms with Crippen molar-refractivity contribution in [3.8, 4) is 0 Å². The first kappa shape index (κ1) is 11.2. The molecule has 1 amide bonds. The number of hydrogen-bond acceptors (Lipinski definition) is 3. The van der Waals surface area contributed by atoms with E-state index in [-0.39, 0.29) is 12.5 Å². The van der Waals surface area contributed by atoms with Crippen molar-refractivity contribution in [1.82, 2.24) is 9.78 Å². The van der Waals surface area contributed by atoms with Crippen molar-refractivity contribution in [2.75, 3.05) is 11.1 Å². The number of amides is 1. The Balaban J connectivity index is 1.98. The number of carbonyl (C=O) groups is 1. The van der Waals surface area contributed by atoms with Gasteiger partial charge >= 0.3 is 0 Å². The van der Waals surface area contributed by atoms with Crippen LogP contribution in [0, 0.1) is 6.92 Å². The molecule has 1 heterocycles. The molecule has 0 aliphatic carbocycles. The smallest absolute Gasteiger partial charge is 0.246 e. The van der Waals surface area contributed by atoms with E-state index in [1.807, 2.05) is 31.2 Å². The molecule has 0 fully saturated rings. The third kappa shape index (κ3) is 3.07. The average molecular weight is 230 g/mol. The highest BCUT2D eigenvalue weighted by Crippen LogP contribution is 2.09. The molecule has 0 bridgehead atoms. The molecule has 2 rings (SSSR count). The Bertz CT molecular complexity index is 533. The number of hydrogen-bond donors (Lipinski definition) is 2. The van der Waals surface area contributed by atoms with Crippen molar-refractivity contribution in [3.05, 3.63) is 42.2 Å². The zero-order valence-corrected chi connectivity index (χ0v) is 9.55. The molecular formula is C12H14N4O. The number of aromatic nitrogens is 2. The summed E-state index contributed by atoms with van der Waals surface area (Å²) < 4.78 is 1.50. The number of rotatable bonds is 3. The van der Waals surface area contributed by atoms with Crippen LogP contribution in [0.25, 0.3) is 0 Å². The van der Waals surface area contributed by atoms with Crippen LogP contribution in [0.2, 0.25) is 0 Å². The van der Waals surface area contributed by atoms with Gasteiger partial charge in [-0.1, -0.05) is 12.1 Å². The number of carbonyl (C=O) groups excluding carboxylic acids is 1. The Labute approximate surface area is 99.2 Å². The van der Waals surface area contributed by atoms with Gasteiger partial charge in [-0.25, -0.2) is 0 Å². The average Bonchev–Trinajstić information content (AvgIpc) is 2.63. The first-order valence-electron chi connectivity index (χ1n) is 5.28. The van der Waals surface area contributed by atoms with E-state index in [4.69, 9.17) is 5.73 Å². The normalized spacial score (nSPS) is 10.2. The van der Waals surface area contributed by atoms with Gasteiger partial charge in [0.2, 0.25) is 5.91 Å². The molecule has 0 saturated carbocycles. The molecule has 0 saturated heterocycles. The molecule has 0 atom stereocenters. The Morgan fingerprint density at radius 2 is 2.35 bits per heavy atom. The lowest BCUT2D eigenvalue weighted by atomic mass is 10.2. The van der Waals surface area contributed by atoms with Gasteiger partial charge in [-0.05, 0) is 24.6 Å². The van der Waals surface area contributed by atoms with Gasteiger partial charge in [-0.2, -0.15) is 5.10 Å². The second-order valence-corrected chi connectivity index (χ2v) is 3.89. The molecule has 17 heavy (non-hydrogen) atoms. The molecule has 3 N–H and O–H groups in total. The maximum atomic E-state index is 11.7. The largest absolute Gasteiger partial charge is 0.396 e. The van der Waals surface area contributed by atoms with E-state index in [0.29, 0.717) is 5.69 Å². The van der Waals surface area contributed by atoms with Crippen molar-refractivity contribution in [1.29, 1.82) is 0 Å². The summed E-state index contributed by atoms with van der Waals surface area (Å²) >= 11 is 0. The highest BCUT2D eigenvalue weighted by Gasteiger charge is 2.04. The van der Waals surface area contributed by atoms with Crippen LogP contribution < -0.4 is 11.1 Å². The third-order valence-corrected chi connectivity index (χ3v) is 2.26. The number of nitrogens with two attached hydrogens (primary N) is 1. The lowest BCUT2D eigenvalue weighted by molar-refractivity contribution is -0.116. The van der Waals surface area contributed by atoms with Crippen LogP contribution in [0.3, 0.4) is 0 Å². The van der Waals surface area contributed by atoms with Gasteiger partial charge < -0.3 is 11.1 Å². The monoisotopic (exact) mass is 230 g/mol. The van der Waals surface area contributed by atoms with Crippen molar-refractivity contribution < 1.29 is 4.79 Å². The van der Waals surface area contributed by atoms with E-state index in [2.05, 4.69) is 10.4 Å². The molecule has 0 aliphatic rings. The van der Waals surface area contributed by atoms with Crippen molar-refractivity contribution in [2.45, 2.75) is 13.5 Å². The van der Waals surface area contributed by atoms with Crippen LogP contribution in [0.1, 0.15) is 5.56 Å².